The van der Waals surface area contributed by atoms with Gasteiger partial charge in [-0.1, -0.05) is 37.5 Å². The first kappa shape index (κ1) is 24.3. The maximum absolute atomic E-state index is 13.6. The maximum Gasteiger partial charge on any atom is 0.418 e. The fraction of sp³-hybridized carbons (Fsp3) is 0.391. The van der Waals surface area contributed by atoms with Gasteiger partial charge in [0.2, 0.25) is 0 Å². The van der Waals surface area contributed by atoms with Gasteiger partial charge >= 0.3 is 12.1 Å². The zero-order valence-corrected chi connectivity index (χ0v) is 17.4. The average molecular weight is 435 g/mol. The van der Waals surface area contributed by atoms with Crippen LogP contribution in [0, 0.1) is 17.6 Å². The van der Waals surface area contributed by atoms with Crippen LogP contribution >= 0.6 is 0 Å². The quantitative estimate of drug-likeness (QED) is 0.645. The van der Waals surface area contributed by atoms with Crippen molar-refractivity contribution in [2.24, 2.45) is 5.92 Å². The molecule has 0 unspecified atom stereocenters. The SMILES string of the molecule is COCC(=O)O.O=C(OCC1CCCCC1)N(c1ccccc1)c1cc(F)cc(F)c1. The number of benzene rings is 2. The highest BCUT2D eigenvalue weighted by atomic mass is 19.1. The summed E-state index contributed by atoms with van der Waals surface area (Å²) in [5.41, 5.74) is 0.610. The van der Waals surface area contributed by atoms with Crippen molar-refractivity contribution in [3.05, 3.63) is 60.2 Å². The molecule has 0 aromatic heterocycles. The molecule has 0 radical (unpaired) electrons. The van der Waals surface area contributed by atoms with E-state index in [1.807, 2.05) is 0 Å². The van der Waals surface area contributed by atoms with Crippen molar-refractivity contribution in [3.8, 4) is 0 Å². The van der Waals surface area contributed by atoms with E-state index >= 15 is 0 Å². The Hall–Kier alpha value is -3.00. The van der Waals surface area contributed by atoms with E-state index in [4.69, 9.17) is 9.84 Å². The summed E-state index contributed by atoms with van der Waals surface area (Å²) in [5.74, 6) is -2.05. The summed E-state index contributed by atoms with van der Waals surface area (Å²) >= 11 is 0. The number of amides is 1. The van der Waals surface area contributed by atoms with Crippen molar-refractivity contribution in [2.75, 3.05) is 25.2 Å². The molecule has 0 bridgehead atoms. The van der Waals surface area contributed by atoms with Gasteiger partial charge in [0, 0.05) is 13.2 Å². The van der Waals surface area contributed by atoms with Gasteiger partial charge in [-0.2, -0.15) is 0 Å². The normalized spacial score (nSPS) is 13.6. The van der Waals surface area contributed by atoms with Gasteiger partial charge in [0.1, 0.15) is 18.2 Å². The van der Waals surface area contributed by atoms with Crippen molar-refractivity contribution in [1.82, 2.24) is 0 Å². The smallest absolute Gasteiger partial charge is 0.418 e. The van der Waals surface area contributed by atoms with E-state index in [1.54, 1.807) is 30.3 Å². The van der Waals surface area contributed by atoms with E-state index in [0.29, 0.717) is 18.2 Å². The molecule has 0 saturated heterocycles. The van der Waals surface area contributed by atoms with Crippen LogP contribution in [0.15, 0.2) is 48.5 Å². The Labute approximate surface area is 180 Å². The van der Waals surface area contributed by atoms with Crippen molar-refractivity contribution >= 4 is 23.4 Å². The summed E-state index contributed by atoms with van der Waals surface area (Å²) in [6.45, 7) is 0.125. The molecule has 0 aliphatic heterocycles. The molecule has 6 nitrogen and oxygen atoms in total. The number of halogens is 2. The van der Waals surface area contributed by atoms with Crippen LogP contribution in [0.2, 0.25) is 0 Å². The minimum atomic E-state index is -0.933. The number of anilines is 2. The van der Waals surface area contributed by atoms with E-state index in [0.717, 1.165) is 43.9 Å². The molecule has 0 spiro atoms. The zero-order chi connectivity index (χ0) is 22.6. The summed E-state index contributed by atoms with van der Waals surface area (Å²) in [6, 6.07) is 11.7. The van der Waals surface area contributed by atoms with Crippen LogP contribution in [0.1, 0.15) is 32.1 Å². The molecular weight excluding hydrogens is 408 g/mol. The van der Waals surface area contributed by atoms with E-state index in [1.165, 1.54) is 18.4 Å². The molecule has 2 aromatic carbocycles. The molecule has 1 fully saturated rings. The molecule has 8 heteroatoms. The first-order chi connectivity index (χ1) is 14.9. The predicted octanol–water partition coefficient (Wildman–Crippen LogP) is 5.54. The number of aliphatic carboxylic acids is 1. The van der Waals surface area contributed by atoms with Gasteiger partial charge < -0.3 is 14.6 Å². The minimum Gasteiger partial charge on any atom is -0.480 e. The molecule has 0 heterocycles. The van der Waals surface area contributed by atoms with Crippen molar-refractivity contribution in [2.45, 2.75) is 32.1 Å². The summed E-state index contributed by atoms with van der Waals surface area (Å²) in [4.78, 5) is 23.3. The summed E-state index contributed by atoms with van der Waals surface area (Å²) < 4.78 is 36.9. The predicted molar refractivity (Wildman–Crippen MR) is 112 cm³/mol. The van der Waals surface area contributed by atoms with Gasteiger partial charge in [-0.25, -0.2) is 23.3 Å². The molecule has 1 aliphatic carbocycles. The number of rotatable bonds is 6. The molecule has 3 rings (SSSR count). The highest BCUT2D eigenvalue weighted by Gasteiger charge is 2.23. The highest BCUT2D eigenvalue weighted by molar-refractivity contribution is 5.95. The maximum atomic E-state index is 13.6. The lowest BCUT2D eigenvalue weighted by molar-refractivity contribution is -0.141. The number of carbonyl (C=O) groups excluding carboxylic acids is 1. The third-order valence-electron chi connectivity index (χ3n) is 4.74. The average Bonchev–Trinajstić information content (AvgIpc) is 2.74. The van der Waals surface area contributed by atoms with Crippen LogP contribution in [0.5, 0.6) is 0 Å². The van der Waals surface area contributed by atoms with E-state index < -0.39 is 23.7 Å². The number of carboxylic acid groups (broad SMARTS) is 1. The number of carbonyl (C=O) groups is 2. The lowest BCUT2D eigenvalue weighted by Crippen LogP contribution is -2.29. The Bertz CT molecular complexity index is 821. The molecule has 0 atom stereocenters. The molecule has 31 heavy (non-hydrogen) atoms. The van der Waals surface area contributed by atoms with Gasteiger partial charge in [0.15, 0.2) is 0 Å². The third kappa shape index (κ3) is 8.33. The second-order valence-corrected chi connectivity index (χ2v) is 7.21. The molecular formula is C23H27F2NO5. The monoisotopic (exact) mass is 435 g/mol. The Morgan fingerprint density at radius 3 is 2.13 bits per heavy atom. The first-order valence-corrected chi connectivity index (χ1v) is 10.1. The van der Waals surface area contributed by atoms with Gasteiger partial charge in [0.05, 0.1) is 18.0 Å². The summed E-state index contributed by atoms with van der Waals surface area (Å²) in [7, 11) is 1.34. The van der Waals surface area contributed by atoms with E-state index in [-0.39, 0.29) is 12.3 Å². The van der Waals surface area contributed by atoms with Crippen LogP contribution in [0.4, 0.5) is 25.0 Å². The number of carboxylic acids is 1. The van der Waals surface area contributed by atoms with Gasteiger partial charge in [-0.05, 0) is 43.0 Å². The number of hydrogen-bond donors (Lipinski definition) is 1. The summed E-state index contributed by atoms with van der Waals surface area (Å²) in [5, 5.41) is 7.79. The zero-order valence-electron chi connectivity index (χ0n) is 17.4. The van der Waals surface area contributed by atoms with E-state index in [9.17, 15) is 18.4 Å². The standard InChI is InChI=1S/C20H21F2NO2.C3H6O3/c21-16-11-17(22)13-19(12-16)23(18-9-5-2-6-10-18)20(24)25-14-15-7-3-1-4-8-15;1-6-2-3(4)5/h2,5-6,9-13,15H,1,3-4,7-8,14H2;2H2,1H3,(H,4,5). The lowest BCUT2D eigenvalue weighted by atomic mass is 9.90. The number of ether oxygens (including phenoxy) is 2. The summed E-state index contributed by atoms with van der Waals surface area (Å²) in [6.07, 6.45) is 5.00. The van der Waals surface area contributed by atoms with Crippen molar-refractivity contribution < 1.29 is 33.0 Å². The second-order valence-electron chi connectivity index (χ2n) is 7.21. The fourth-order valence-corrected chi connectivity index (χ4v) is 3.34. The molecule has 1 aliphatic rings. The van der Waals surface area contributed by atoms with Gasteiger partial charge in [-0.3, -0.25) is 0 Å². The second kappa shape index (κ2) is 12.6. The van der Waals surface area contributed by atoms with Gasteiger partial charge in [0.25, 0.3) is 0 Å². The van der Waals surface area contributed by atoms with Crippen LogP contribution in [0.25, 0.3) is 0 Å². The number of nitrogens with zero attached hydrogens (tertiary/aromatic N) is 1. The van der Waals surface area contributed by atoms with Crippen LogP contribution in [-0.4, -0.2) is 37.5 Å². The molecule has 1 amide bonds. The largest absolute Gasteiger partial charge is 0.480 e. The molecule has 1 saturated carbocycles. The van der Waals surface area contributed by atoms with Crippen molar-refractivity contribution in [3.63, 3.8) is 0 Å². The first-order valence-electron chi connectivity index (χ1n) is 10.1. The Kier molecular flexibility index (Phi) is 9.90. The Balaban J connectivity index is 0.000000501. The third-order valence-corrected chi connectivity index (χ3v) is 4.74. The molecule has 2 aromatic rings. The van der Waals surface area contributed by atoms with Crippen molar-refractivity contribution in [1.29, 1.82) is 0 Å². The number of methoxy groups -OCH3 is 1. The molecule has 168 valence electrons. The topological polar surface area (TPSA) is 76.1 Å². The van der Waals surface area contributed by atoms with Crippen LogP contribution < -0.4 is 4.90 Å². The minimum absolute atomic E-state index is 0.109. The Morgan fingerprint density at radius 1 is 1.00 bits per heavy atom. The van der Waals surface area contributed by atoms with Crippen LogP contribution in [0.3, 0.4) is 0 Å². The number of hydrogen-bond acceptors (Lipinski definition) is 4. The fourth-order valence-electron chi connectivity index (χ4n) is 3.34. The van der Waals surface area contributed by atoms with Gasteiger partial charge in [-0.15, -0.1) is 0 Å². The van der Waals surface area contributed by atoms with E-state index in [2.05, 4.69) is 4.74 Å². The lowest BCUT2D eigenvalue weighted by Gasteiger charge is -2.25. The highest BCUT2D eigenvalue weighted by Crippen LogP contribution is 2.29. The molecule has 1 N–H and O–H groups in total. The Morgan fingerprint density at radius 2 is 1.61 bits per heavy atom. The number of para-hydroxylation sites is 1. The van der Waals surface area contributed by atoms with Crippen LogP contribution in [-0.2, 0) is 14.3 Å².